The first kappa shape index (κ1) is 19.6. The largest absolute Gasteiger partial charge is 0.497 e. The van der Waals surface area contributed by atoms with Crippen LogP contribution in [0.1, 0.15) is 45.5 Å². The summed E-state index contributed by atoms with van der Waals surface area (Å²) in [4.78, 5) is 40.4. The van der Waals surface area contributed by atoms with E-state index in [0.717, 1.165) is 11.3 Å². The molecule has 1 aromatic heterocycles. The van der Waals surface area contributed by atoms with Gasteiger partial charge in [-0.05, 0) is 38.1 Å². The number of aromatic nitrogens is 1. The molecule has 0 spiro atoms. The lowest BCUT2D eigenvalue weighted by molar-refractivity contribution is -0.116. The molecular weight excluding hydrogens is 356 g/mol. The van der Waals surface area contributed by atoms with E-state index in [1.165, 1.54) is 0 Å². The van der Waals surface area contributed by atoms with Gasteiger partial charge in [0.2, 0.25) is 5.91 Å². The fourth-order valence-corrected chi connectivity index (χ4v) is 3.04. The number of methoxy groups -OCH3 is 1. The van der Waals surface area contributed by atoms with Crippen LogP contribution in [0, 0.1) is 6.92 Å². The van der Waals surface area contributed by atoms with Gasteiger partial charge < -0.3 is 14.8 Å². The number of amides is 1. The first-order chi connectivity index (χ1) is 12.4. The molecular formula is C18H20N2O5S. The topological polar surface area (TPSA) is 94.6 Å². The summed E-state index contributed by atoms with van der Waals surface area (Å²) in [5, 5.41) is 2.93. The van der Waals surface area contributed by atoms with E-state index < -0.39 is 5.97 Å². The summed E-state index contributed by atoms with van der Waals surface area (Å²) >= 11 is 1.05. The van der Waals surface area contributed by atoms with E-state index in [9.17, 15) is 14.4 Å². The van der Waals surface area contributed by atoms with E-state index in [1.807, 2.05) is 0 Å². The number of esters is 1. The average Bonchev–Trinajstić information content (AvgIpc) is 3.00. The van der Waals surface area contributed by atoms with Crippen molar-refractivity contribution in [3.05, 3.63) is 40.4 Å². The molecule has 26 heavy (non-hydrogen) atoms. The lowest BCUT2D eigenvalue weighted by atomic mass is 10.1. The minimum atomic E-state index is -0.460. The van der Waals surface area contributed by atoms with E-state index in [1.54, 1.807) is 45.2 Å². The van der Waals surface area contributed by atoms with Crippen LogP contribution in [0.2, 0.25) is 0 Å². The second-order valence-corrected chi connectivity index (χ2v) is 6.35. The maximum absolute atomic E-state index is 12.1. The van der Waals surface area contributed by atoms with Crippen molar-refractivity contribution in [2.45, 2.75) is 26.7 Å². The summed E-state index contributed by atoms with van der Waals surface area (Å²) in [6.07, 6.45) is 0.103. The van der Waals surface area contributed by atoms with Gasteiger partial charge in [0, 0.05) is 18.4 Å². The minimum absolute atomic E-state index is 0.0260. The molecule has 0 aliphatic rings. The fourth-order valence-electron chi connectivity index (χ4n) is 2.17. The summed E-state index contributed by atoms with van der Waals surface area (Å²) in [5.41, 5.74) is 1.02. The van der Waals surface area contributed by atoms with Gasteiger partial charge in [0.15, 0.2) is 10.9 Å². The third-order valence-corrected chi connectivity index (χ3v) is 4.55. The second kappa shape index (κ2) is 9.10. The SMILES string of the molecule is CCOC(=O)c1sc(NC(=O)CCC(=O)c2ccc(OC)cc2)nc1C. The summed E-state index contributed by atoms with van der Waals surface area (Å²) in [5.74, 6) is -0.269. The highest BCUT2D eigenvalue weighted by molar-refractivity contribution is 7.17. The van der Waals surface area contributed by atoms with Crippen LogP contribution in [0.5, 0.6) is 5.75 Å². The Balaban J connectivity index is 1.89. The monoisotopic (exact) mass is 376 g/mol. The van der Waals surface area contributed by atoms with Gasteiger partial charge in [-0.15, -0.1) is 0 Å². The third kappa shape index (κ3) is 5.13. The standard InChI is InChI=1S/C18H20N2O5S/c1-4-25-17(23)16-11(2)19-18(26-16)20-15(22)10-9-14(21)12-5-7-13(24-3)8-6-12/h5-8H,4,9-10H2,1-3H3,(H,19,20,22). The maximum Gasteiger partial charge on any atom is 0.350 e. The second-order valence-electron chi connectivity index (χ2n) is 5.35. The molecule has 2 aromatic rings. The molecule has 0 aliphatic heterocycles. The molecule has 0 radical (unpaired) electrons. The number of ether oxygens (including phenoxy) is 2. The van der Waals surface area contributed by atoms with Crippen LogP contribution in [-0.2, 0) is 9.53 Å². The van der Waals surface area contributed by atoms with E-state index >= 15 is 0 Å². The molecule has 0 saturated heterocycles. The highest BCUT2D eigenvalue weighted by atomic mass is 32.1. The number of aryl methyl sites for hydroxylation is 1. The van der Waals surface area contributed by atoms with Crippen molar-refractivity contribution >= 4 is 34.1 Å². The van der Waals surface area contributed by atoms with Crippen molar-refractivity contribution in [3.63, 3.8) is 0 Å². The van der Waals surface area contributed by atoms with Gasteiger partial charge >= 0.3 is 5.97 Å². The van der Waals surface area contributed by atoms with Gasteiger partial charge in [-0.3, -0.25) is 9.59 Å². The van der Waals surface area contributed by atoms with Gasteiger partial charge in [0.25, 0.3) is 0 Å². The zero-order valence-electron chi connectivity index (χ0n) is 14.8. The van der Waals surface area contributed by atoms with Gasteiger partial charge in [0.1, 0.15) is 10.6 Å². The van der Waals surface area contributed by atoms with Crippen LogP contribution in [0.25, 0.3) is 0 Å². The Morgan fingerprint density at radius 2 is 1.85 bits per heavy atom. The normalized spacial score (nSPS) is 10.3. The van der Waals surface area contributed by atoms with Gasteiger partial charge in [0.05, 0.1) is 19.4 Å². The molecule has 138 valence electrons. The number of carbonyl (C=O) groups excluding carboxylic acids is 3. The van der Waals surface area contributed by atoms with Gasteiger partial charge in [-0.1, -0.05) is 11.3 Å². The number of ketones is 1. The number of anilines is 1. The Labute approximate surface area is 155 Å². The van der Waals surface area contributed by atoms with Crippen molar-refractivity contribution in [2.75, 3.05) is 19.0 Å². The van der Waals surface area contributed by atoms with Crippen molar-refractivity contribution < 1.29 is 23.9 Å². The number of benzene rings is 1. The van der Waals surface area contributed by atoms with Crippen molar-refractivity contribution in [1.29, 1.82) is 0 Å². The minimum Gasteiger partial charge on any atom is -0.497 e. The van der Waals surface area contributed by atoms with Gasteiger partial charge in [-0.25, -0.2) is 9.78 Å². The number of Topliss-reactive ketones (excluding diaryl/α,β-unsaturated/α-hetero) is 1. The number of thiazole rings is 1. The molecule has 1 aromatic carbocycles. The van der Waals surface area contributed by atoms with E-state index in [2.05, 4.69) is 10.3 Å². The molecule has 7 nitrogen and oxygen atoms in total. The summed E-state index contributed by atoms with van der Waals surface area (Å²) < 4.78 is 9.98. The van der Waals surface area contributed by atoms with Crippen molar-refractivity contribution in [2.24, 2.45) is 0 Å². The Hall–Kier alpha value is -2.74. The lowest BCUT2D eigenvalue weighted by Gasteiger charge is -2.03. The fraction of sp³-hybridized carbons (Fsp3) is 0.333. The predicted molar refractivity (Wildman–Crippen MR) is 98.0 cm³/mol. The quantitative estimate of drug-likeness (QED) is 0.561. The zero-order valence-corrected chi connectivity index (χ0v) is 15.6. The van der Waals surface area contributed by atoms with Gasteiger partial charge in [-0.2, -0.15) is 0 Å². The number of nitrogens with one attached hydrogen (secondary N) is 1. The molecule has 8 heteroatoms. The number of hydrogen-bond acceptors (Lipinski definition) is 7. The summed E-state index contributed by atoms with van der Waals surface area (Å²) in [7, 11) is 1.55. The zero-order chi connectivity index (χ0) is 19.1. The molecule has 0 bridgehead atoms. The molecule has 1 heterocycles. The van der Waals surface area contributed by atoms with Crippen LogP contribution < -0.4 is 10.1 Å². The van der Waals surface area contributed by atoms with Crippen LogP contribution >= 0.6 is 11.3 Å². The molecule has 1 amide bonds. The third-order valence-electron chi connectivity index (χ3n) is 3.49. The Morgan fingerprint density at radius 3 is 2.46 bits per heavy atom. The lowest BCUT2D eigenvalue weighted by Crippen LogP contribution is -2.13. The smallest absolute Gasteiger partial charge is 0.350 e. The molecule has 0 unspecified atom stereocenters. The number of nitrogens with zero attached hydrogens (tertiary/aromatic N) is 1. The van der Waals surface area contributed by atoms with E-state index in [-0.39, 0.29) is 31.1 Å². The van der Waals surface area contributed by atoms with Crippen LogP contribution in [0.3, 0.4) is 0 Å². The number of hydrogen-bond donors (Lipinski definition) is 1. The Kier molecular flexibility index (Phi) is 6.85. The maximum atomic E-state index is 12.1. The van der Waals surface area contributed by atoms with Crippen LogP contribution in [-0.4, -0.2) is 36.4 Å². The van der Waals surface area contributed by atoms with E-state index in [4.69, 9.17) is 9.47 Å². The predicted octanol–water partition coefficient (Wildman–Crippen LogP) is 3.24. The Bertz CT molecular complexity index is 798. The Morgan fingerprint density at radius 1 is 1.15 bits per heavy atom. The molecule has 1 N–H and O–H groups in total. The highest BCUT2D eigenvalue weighted by Gasteiger charge is 2.18. The highest BCUT2D eigenvalue weighted by Crippen LogP contribution is 2.23. The first-order valence-corrected chi connectivity index (χ1v) is 8.88. The molecule has 0 saturated carbocycles. The summed E-state index contributed by atoms with van der Waals surface area (Å²) in [6, 6.07) is 6.72. The number of carbonyl (C=O) groups is 3. The molecule has 2 rings (SSSR count). The van der Waals surface area contributed by atoms with Crippen LogP contribution in [0.15, 0.2) is 24.3 Å². The average molecular weight is 376 g/mol. The molecule has 0 fully saturated rings. The van der Waals surface area contributed by atoms with E-state index in [0.29, 0.717) is 27.0 Å². The molecule has 0 aliphatic carbocycles. The van der Waals surface area contributed by atoms with Crippen LogP contribution in [0.4, 0.5) is 5.13 Å². The summed E-state index contributed by atoms with van der Waals surface area (Å²) in [6.45, 7) is 3.66. The molecule has 0 atom stereocenters. The number of rotatable bonds is 8. The van der Waals surface area contributed by atoms with Crippen molar-refractivity contribution in [1.82, 2.24) is 4.98 Å². The first-order valence-electron chi connectivity index (χ1n) is 8.06. The van der Waals surface area contributed by atoms with Crippen molar-refractivity contribution in [3.8, 4) is 5.75 Å².